The Bertz CT molecular complexity index is 986. The van der Waals surface area contributed by atoms with E-state index in [9.17, 15) is 23.7 Å². The molecule has 31 heavy (non-hydrogen) atoms. The highest BCUT2D eigenvalue weighted by Crippen LogP contribution is 2.34. The fourth-order valence-corrected chi connectivity index (χ4v) is 4.20. The summed E-state index contributed by atoms with van der Waals surface area (Å²) >= 11 is 6.39. The van der Waals surface area contributed by atoms with Crippen LogP contribution >= 0.6 is 11.6 Å². The summed E-state index contributed by atoms with van der Waals surface area (Å²) in [6, 6.07) is 13.3. The van der Waals surface area contributed by atoms with Crippen molar-refractivity contribution in [3.63, 3.8) is 0 Å². The molecule has 10 heteroatoms. The summed E-state index contributed by atoms with van der Waals surface area (Å²) < 4.78 is 29.9. The van der Waals surface area contributed by atoms with E-state index >= 15 is 0 Å². The number of hydrogen-bond donors (Lipinski definition) is 5. The summed E-state index contributed by atoms with van der Waals surface area (Å²) in [6.45, 7) is -0.156. The lowest BCUT2D eigenvalue weighted by atomic mass is 9.92. The first-order chi connectivity index (χ1) is 14.7. The molecule has 4 unspecified atom stereocenters. The predicted molar refractivity (Wildman–Crippen MR) is 117 cm³/mol. The fourth-order valence-electron chi connectivity index (χ4n) is 3.63. The molecule has 0 bridgehead atoms. The molecule has 8 nitrogen and oxygen atoms in total. The zero-order valence-electron chi connectivity index (χ0n) is 16.8. The molecule has 1 aliphatic heterocycles. The quantitative estimate of drug-likeness (QED) is 0.386. The number of benzene rings is 2. The molecule has 2 aromatic rings. The van der Waals surface area contributed by atoms with E-state index in [1.165, 1.54) is 0 Å². The number of aliphatic hydroxyl groups is 3. The van der Waals surface area contributed by atoms with Crippen LogP contribution in [0.4, 0.5) is 0 Å². The van der Waals surface area contributed by atoms with E-state index in [0.717, 1.165) is 22.3 Å². The highest BCUT2D eigenvalue weighted by atomic mass is 35.5. The van der Waals surface area contributed by atoms with E-state index in [0.29, 0.717) is 17.9 Å². The van der Waals surface area contributed by atoms with Crippen molar-refractivity contribution in [1.29, 1.82) is 0 Å². The molecule has 6 N–H and O–H groups in total. The lowest BCUT2D eigenvalue weighted by Gasteiger charge is -2.36. The summed E-state index contributed by atoms with van der Waals surface area (Å²) in [4.78, 5) is 0. The van der Waals surface area contributed by atoms with E-state index in [-0.39, 0.29) is 19.6 Å². The van der Waals surface area contributed by atoms with Gasteiger partial charge < -0.3 is 20.1 Å². The van der Waals surface area contributed by atoms with Gasteiger partial charge in [0, 0.05) is 18.0 Å². The third-order valence-electron chi connectivity index (χ3n) is 5.33. The topological polar surface area (TPSA) is 142 Å². The maximum atomic E-state index is 10.9. The normalized spacial score (nSPS) is 24.3. The van der Waals surface area contributed by atoms with Gasteiger partial charge in [-0.3, -0.25) is 0 Å². The summed E-state index contributed by atoms with van der Waals surface area (Å²) in [5, 5.41) is 34.9. The zero-order valence-corrected chi connectivity index (χ0v) is 18.4. The van der Waals surface area contributed by atoms with Gasteiger partial charge in [-0.1, -0.05) is 48.0 Å². The minimum Gasteiger partial charge on any atom is -0.394 e. The van der Waals surface area contributed by atoms with Gasteiger partial charge in [-0.15, -0.1) is 0 Å². The van der Waals surface area contributed by atoms with E-state index < -0.39 is 34.6 Å². The Hall–Kier alpha value is -1.56. The van der Waals surface area contributed by atoms with Crippen molar-refractivity contribution in [2.24, 2.45) is 5.14 Å². The van der Waals surface area contributed by atoms with Gasteiger partial charge in [0.05, 0.1) is 18.8 Å². The maximum Gasteiger partial charge on any atom is 0.274 e. The van der Waals surface area contributed by atoms with Gasteiger partial charge in [-0.25, -0.2) is 9.86 Å². The molecule has 4 atom stereocenters. The second-order valence-corrected chi connectivity index (χ2v) is 9.46. The highest BCUT2D eigenvalue weighted by molar-refractivity contribution is 7.87. The van der Waals surface area contributed by atoms with Crippen LogP contribution in [0.25, 0.3) is 0 Å². The molecular weight excluding hydrogens is 444 g/mol. The molecule has 0 spiro atoms. The molecule has 0 amide bonds. The van der Waals surface area contributed by atoms with E-state index in [1.807, 2.05) is 36.4 Å². The van der Waals surface area contributed by atoms with E-state index in [2.05, 4.69) is 4.72 Å². The molecule has 1 fully saturated rings. The van der Waals surface area contributed by atoms with Crippen molar-refractivity contribution in [3.8, 4) is 0 Å². The number of hydrogen-bond acceptors (Lipinski definition) is 6. The fraction of sp³-hybridized carbons (Fsp3) is 0.429. The Morgan fingerprint density at radius 3 is 2.45 bits per heavy atom. The van der Waals surface area contributed by atoms with Gasteiger partial charge in [0.1, 0.15) is 12.2 Å². The number of nitrogens with two attached hydrogens (primary N) is 1. The lowest BCUT2D eigenvalue weighted by Crippen LogP contribution is -2.47. The van der Waals surface area contributed by atoms with Crippen LogP contribution in [0.5, 0.6) is 0 Å². The third kappa shape index (κ3) is 6.71. The number of ether oxygens (including phenoxy) is 1. The third-order valence-corrected chi connectivity index (χ3v) is 6.30. The first-order valence-electron chi connectivity index (χ1n) is 9.92. The largest absolute Gasteiger partial charge is 0.394 e. The van der Waals surface area contributed by atoms with Gasteiger partial charge in [-0.2, -0.15) is 8.42 Å². The van der Waals surface area contributed by atoms with Crippen LogP contribution in [0.1, 0.15) is 34.8 Å². The second kappa shape index (κ2) is 10.4. The summed E-state index contributed by atoms with van der Waals surface area (Å²) in [7, 11) is -3.69. The Morgan fingerprint density at radius 1 is 1.13 bits per heavy atom. The monoisotopic (exact) mass is 470 g/mol. The average molecular weight is 471 g/mol. The second-order valence-electron chi connectivity index (χ2n) is 7.67. The molecule has 170 valence electrons. The Kier molecular flexibility index (Phi) is 8.06. The van der Waals surface area contributed by atoms with Crippen LogP contribution in [-0.4, -0.2) is 55.2 Å². The van der Waals surface area contributed by atoms with Crippen molar-refractivity contribution >= 4 is 21.8 Å². The predicted octanol–water partition coefficient (Wildman–Crippen LogP) is 0.811. The minimum atomic E-state index is -3.69. The van der Waals surface area contributed by atoms with Gasteiger partial charge >= 0.3 is 0 Å². The minimum absolute atomic E-state index is 0.222. The number of halogens is 1. The first kappa shape index (κ1) is 24.1. The first-order valence-corrected chi connectivity index (χ1v) is 11.8. The molecule has 3 rings (SSSR count). The molecule has 0 saturated carbocycles. The lowest BCUT2D eigenvalue weighted by molar-refractivity contribution is -0.181. The van der Waals surface area contributed by atoms with Gasteiger partial charge in [0.25, 0.3) is 10.2 Å². The highest BCUT2D eigenvalue weighted by Gasteiger charge is 2.37. The van der Waals surface area contributed by atoms with Crippen molar-refractivity contribution in [2.45, 2.75) is 43.7 Å². The Balaban J connectivity index is 1.68. The van der Waals surface area contributed by atoms with Crippen LogP contribution in [0.15, 0.2) is 42.5 Å². The number of nitrogens with one attached hydrogen (secondary N) is 1. The van der Waals surface area contributed by atoms with Crippen molar-refractivity contribution in [1.82, 2.24) is 4.72 Å². The van der Waals surface area contributed by atoms with E-state index in [4.69, 9.17) is 21.5 Å². The van der Waals surface area contributed by atoms with Gasteiger partial charge in [0.15, 0.2) is 0 Å². The van der Waals surface area contributed by atoms with Crippen molar-refractivity contribution in [2.75, 3.05) is 13.2 Å². The summed E-state index contributed by atoms with van der Waals surface area (Å²) in [5.41, 5.74) is 3.69. The Morgan fingerprint density at radius 2 is 1.81 bits per heavy atom. The number of rotatable bonds is 8. The molecule has 0 aliphatic carbocycles. The zero-order chi connectivity index (χ0) is 22.6. The molecule has 0 radical (unpaired) electrons. The van der Waals surface area contributed by atoms with Crippen LogP contribution in [-0.2, 0) is 27.8 Å². The Labute approximate surface area is 186 Å². The van der Waals surface area contributed by atoms with Gasteiger partial charge in [-0.05, 0) is 41.2 Å². The molecule has 1 aliphatic rings. The SMILES string of the molecule is NS(=O)(=O)NCCc1ccc(Cc2cc(C3CC(O)C(O)C(CO)O3)ccc2Cl)cc1. The van der Waals surface area contributed by atoms with E-state index in [1.54, 1.807) is 6.07 Å². The average Bonchev–Trinajstić information content (AvgIpc) is 2.72. The number of aliphatic hydroxyl groups excluding tert-OH is 3. The summed E-state index contributed by atoms with van der Waals surface area (Å²) in [5.74, 6) is 0. The van der Waals surface area contributed by atoms with Crippen molar-refractivity contribution in [3.05, 3.63) is 69.7 Å². The van der Waals surface area contributed by atoms with Crippen LogP contribution in [0, 0.1) is 0 Å². The standard InChI is InChI=1S/C21H27ClN2O6S/c22-17-6-5-15(19-11-18(26)21(27)20(12-25)30-19)10-16(17)9-14-3-1-13(2-4-14)7-8-24-31(23,28)29/h1-6,10,18-21,24-27H,7-9,11-12H2,(H2,23,28,29). The van der Waals surface area contributed by atoms with Gasteiger partial charge in [0.2, 0.25) is 0 Å². The molecular formula is C21H27ClN2O6S. The van der Waals surface area contributed by atoms with Crippen LogP contribution < -0.4 is 9.86 Å². The molecule has 1 heterocycles. The molecule has 0 aromatic heterocycles. The molecule has 2 aromatic carbocycles. The van der Waals surface area contributed by atoms with Crippen LogP contribution in [0.2, 0.25) is 5.02 Å². The summed E-state index contributed by atoms with van der Waals surface area (Å²) in [6.07, 6.45) is -2.09. The van der Waals surface area contributed by atoms with Crippen LogP contribution in [0.3, 0.4) is 0 Å². The maximum absolute atomic E-state index is 10.9. The smallest absolute Gasteiger partial charge is 0.274 e. The molecule has 1 saturated heterocycles. The van der Waals surface area contributed by atoms with Crippen molar-refractivity contribution < 1.29 is 28.5 Å².